The van der Waals surface area contributed by atoms with Crippen LogP contribution < -0.4 is 0 Å². The fraction of sp³-hybridized carbons (Fsp3) is 0.294. The molecule has 2 aromatic rings. The van der Waals surface area contributed by atoms with E-state index in [2.05, 4.69) is 23.7 Å². The van der Waals surface area contributed by atoms with Gasteiger partial charge in [0.05, 0.1) is 18.0 Å². The molecule has 0 saturated carbocycles. The minimum absolute atomic E-state index is 0.336. The van der Waals surface area contributed by atoms with Gasteiger partial charge in [-0.25, -0.2) is 9.78 Å². The van der Waals surface area contributed by atoms with E-state index >= 15 is 0 Å². The number of nitrogens with zero attached hydrogens (tertiary/aromatic N) is 2. The summed E-state index contributed by atoms with van der Waals surface area (Å²) in [5.74, 6) is -0.336. The molecular formula is C17H18N2O2. The van der Waals surface area contributed by atoms with Crippen molar-refractivity contribution in [3.05, 3.63) is 59.7 Å². The first-order valence-corrected chi connectivity index (χ1v) is 7.21. The number of fused-ring (bicyclic) bond motifs is 3. The van der Waals surface area contributed by atoms with Gasteiger partial charge in [0.2, 0.25) is 0 Å². The Morgan fingerprint density at radius 2 is 2.33 bits per heavy atom. The number of carbonyl (C=O) groups excluding carboxylic acids is 1. The molecule has 1 aliphatic heterocycles. The number of hydrogen-bond acceptors (Lipinski definition) is 3. The Bertz CT molecular complexity index is 701. The lowest BCUT2D eigenvalue weighted by atomic mass is 9.94. The molecule has 0 spiro atoms. The lowest BCUT2D eigenvalue weighted by Crippen LogP contribution is -2.16. The van der Waals surface area contributed by atoms with Crippen molar-refractivity contribution in [3.8, 4) is 5.69 Å². The lowest BCUT2D eigenvalue weighted by molar-refractivity contribution is 0.0518. The van der Waals surface area contributed by atoms with E-state index in [1.807, 2.05) is 16.7 Å². The predicted octanol–water partition coefficient (Wildman–Crippen LogP) is 2.88. The molecule has 4 nitrogen and oxygen atoms in total. The highest BCUT2D eigenvalue weighted by Crippen LogP contribution is 2.29. The van der Waals surface area contributed by atoms with Crippen molar-refractivity contribution in [1.82, 2.24) is 9.55 Å². The van der Waals surface area contributed by atoms with E-state index in [0.29, 0.717) is 12.3 Å². The molecule has 1 aliphatic rings. The van der Waals surface area contributed by atoms with E-state index in [9.17, 15) is 4.79 Å². The molecule has 0 atom stereocenters. The Hall–Kier alpha value is -2.36. The average molecular weight is 282 g/mol. The number of aromatic nitrogens is 2. The van der Waals surface area contributed by atoms with Crippen LogP contribution in [0.3, 0.4) is 0 Å². The molecule has 0 fully saturated rings. The molecule has 0 saturated heterocycles. The van der Waals surface area contributed by atoms with Crippen LogP contribution in [0.1, 0.15) is 34.2 Å². The van der Waals surface area contributed by atoms with Gasteiger partial charge in [-0.1, -0.05) is 18.2 Å². The van der Waals surface area contributed by atoms with Gasteiger partial charge in [0.1, 0.15) is 6.33 Å². The van der Waals surface area contributed by atoms with Crippen molar-refractivity contribution in [1.29, 1.82) is 0 Å². The number of benzene rings is 1. The molecule has 21 heavy (non-hydrogen) atoms. The first kappa shape index (κ1) is 13.6. The summed E-state index contributed by atoms with van der Waals surface area (Å²) in [6, 6.07) is 6.24. The fourth-order valence-corrected chi connectivity index (χ4v) is 2.92. The van der Waals surface area contributed by atoms with Gasteiger partial charge >= 0.3 is 5.97 Å². The van der Waals surface area contributed by atoms with Gasteiger partial charge in [-0.05, 0) is 43.4 Å². The summed E-state index contributed by atoms with van der Waals surface area (Å²) in [6.45, 7) is 5.99. The average Bonchev–Trinajstić information content (AvgIpc) is 2.92. The fourth-order valence-electron chi connectivity index (χ4n) is 2.92. The first-order chi connectivity index (χ1) is 10.3. The van der Waals surface area contributed by atoms with Crippen LogP contribution in [-0.2, 0) is 24.0 Å². The molecule has 0 bridgehead atoms. The molecule has 4 heteroatoms. The smallest absolute Gasteiger partial charge is 0.358 e. The standard InChI is InChI=1S/C17H18N2O2/c1-3-6-12-7-5-8-14-13(12)9-10-15-16(17(20)21-4-2)18-11-19(14)15/h3,5,7-8,11H,1,4,6,9-10H2,2H3. The lowest BCUT2D eigenvalue weighted by Gasteiger charge is -2.22. The molecule has 3 rings (SSSR count). The van der Waals surface area contributed by atoms with Crippen molar-refractivity contribution < 1.29 is 9.53 Å². The number of rotatable bonds is 4. The first-order valence-electron chi connectivity index (χ1n) is 7.21. The second-order valence-corrected chi connectivity index (χ2v) is 5.04. The van der Waals surface area contributed by atoms with Gasteiger partial charge in [0, 0.05) is 0 Å². The van der Waals surface area contributed by atoms with Gasteiger partial charge in [-0.2, -0.15) is 0 Å². The Kier molecular flexibility index (Phi) is 3.60. The van der Waals surface area contributed by atoms with Crippen molar-refractivity contribution in [2.24, 2.45) is 0 Å². The molecule has 0 radical (unpaired) electrons. The van der Waals surface area contributed by atoms with Crippen LogP contribution in [0.5, 0.6) is 0 Å². The predicted molar refractivity (Wildman–Crippen MR) is 80.8 cm³/mol. The van der Waals surface area contributed by atoms with Crippen LogP contribution in [0.15, 0.2) is 37.2 Å². The minimum Gasteiger partial charge on any atom is -0.461 e. The minimum atomic E-state index is -0.336. The third kappa shape index (κ3) is 2.27. The van der Waals surface area contributed by atoms with E-state index in [-0.39, 0.29) is 5.97 Å². The van der Waals surface area contributed by atoms with E-state index in [1.165, 1.54) is 11.1 Å². The number of allylic oxidation sites excluding steroid dienone is 1. The summed E-state index contributed by atoms with van der Waals surface area (Å²) in [5, 5.41) is 0. The van der Waals surface area contributed by atoms with Crippen LogP contribution in [0, 0.1) is 0 Å². The second kappa shape index (κ2) is 5.56. The van der Waals surface area contributed by atoms with Crippen LogP contribution in [0.2, 0.25) is 0 Å². The molecule has 2 heterocycles. The van der Waals surface area contributed by atoms with E-state index in [1.54, 1.807) is 13.3 Å². The molecule has 1 aromatic heterocycles. The molecular weight excluding hydrogens is 264 g/mol. The topological polar surface area (TPSA) is 44.1 Å². The molecule has 0 N–H and O–H groups in total. The van der Waals surface area contributed by atoms with Crippen LogP contribution >= 0.6 is 0 Å². The monoisotopic (exact) mass is 282 g/mol. The summed E-state index contributed by atoms with van der Waals surface area (Å²) in [6.07, 6.45) is 6.21. The maximum atomic E-state index is 11.9. The van der Waals surface area contributed by atoms with Crippen molar-refractivity contribution >= 4 is 5.97 Å². The molecule has 108 valence electrons. The number of ether oxygens (including phenoxy) is 1. The third-order valence-corrected chi connectivity index (χ3v) is 3.82. The maximum absolute atomic E-state index is 11.9. The van der Waals surface area contributed by atoms with E-state index in [4.69, 9.17) is 4.74 Å². The Morgan fingerprint density at radius 3 is 3.10 bits per heavy atom. The zero-order chi connectivity index (χ0) is 14.8. The summed E-state index contributed by atoms with van der Waals surface area (Å²) >= 11 is 0. The number of hydrogen-bond donors (Lipinski definition) is 0. The van der Waals surface area contributed by atoms with Gasteiger partial charge in [0.15, 0.2) is 5.69 Å². The zero-order valence-corrected chi connectivity index (χ0v) is 12.1. The van der Waals surface area contributed by atoms with Gasteiger partial charge in [-0.15, -0.1) is 6.58 Å². The summed E-state index contributed by atoms with van der Waals surface area (Å²) in [4.78, 5) is 16.2. The Morgan fingerprint density at radius 1 is 1.48 bits per heavy atom. The quantitative estimate of drug-likeness (QED) is 0.640. The Labute approximate surface area is 124 Å². The zero-order valence-electron chi connectivity index (χ0n) is 12.1. The van der Waals surface area contributed by atoms with Gasteiger partial charge < -0.3 is 9.30 Å². The number of carbonyl (C=O) groups is 1. The van der Waals surface area contributed by atoms with Crippen molar-refractivity contribution in [2.45, 2.75) is 26.2 Å². The van der Waals surface area contributed by atoms with Gasteiger partial charge in [0.25, 0.3) is 0 Å². The number of imidazole rings is 1. The number of esters is 1. The van der Waals surface area contributed by atoms with Gasteiger partial charge in [-0.3, -0.25) is 0 Å². The normalized spacial score (nSPS) is 12.4. The molecule has 0 unspecified atom stereocenters. The SMILES string of the molecule is C=CCc1cccc2c1CCc1c(C(=O)OCC)ncn1-2. The largest absolute Gasteiger partial charge is 0.461 e. The second-order valence-electron chi connectivity index (χ2n) is 5.04. The van der Waals surface area contributed by atoms with E-state index < -0.39 is 0 Å². The van der Waals surface area contributed by atoms with E-state index in [0.717, 1.165) is 30.6 Å². The Balaban J connectivity index is 2.06. The van der Waals surface area contributed by atoms with Crippen LogP contribution in [0.4, 0.5) is 0 Å². The maximum Gasteiger partial charge on any atom is 0.358 e. The van der Waals surface area contributed by atoms with Crippen molar-refractivity contribution in [3.63, 3.8) is 0 Å². The summed E-state index contributed by atoms with van der Waals surface area (Å²) in [5.41, 5.74) is 5.10. The highest BCUT2D eigenvalue weighted by molar-refractivity contribution is 5.89. The molecule has 0 aliphatic carbocycles. The summed E-state index contributed by atoms with van der Waals surface area (Å²) in [7, 11) is 0. The molecule has 1 aromatic carbocycles. The molecule has 0 amide bonds. The summed E-state index contributed by atoms with van der Waals surface area (Å²) < 4.78 is 7.09. The van der Waals surface area contributed by atoms with Crippen molar-refractivity contribution in [2.75, 3.05) is 6.61 Å². The van der Waals surface area contributed by atoms with Crippen LogP contribution in [-0.4, -0.2) is 22.1 Å². The highest BCUT2D eigenvalue weighted by atomic mass is 16.5. The highest BCUT2D eigenvalue weighted by Gasteiger charge is 2.25. The van der Waals surface area contributed by atoms with Crippen LogP contribution in [0.25, 0.3) is 5.69 Å². The third-order valence-electron chi connectivity index (χ3n) is 3.82.